The van der Waals surface area contributed by atoms with Crippen molar-refractivity contribution in [2.24, 2.45) is 0 Å². The lowest BCUT2D eigenvalue weighted by Gasteiger charge is -2.18. The topological polar surface area (TPSA) is 226 Å². The number of carbonyl (C=O) groups is 1. The first-order chi connectivity index (χ1) is 22.3. The van der Waals surface area contributed by atoms with Crippen molar-refractivity contribution in [3.8, 4) is 0 Å². The van der Waals surface area contributed by atoms with Gasteiger partial charge in [0, 0.05) is 6.42 Å². The molecule has 0 saturated heterocycles. The number of rotatable bonds is 21. The van der Waals surface area contributed by atoms with Crippen LogP contribution in [-0.2, 0) is 23.2 Å². The molecule has 1 aliphatic heterocycles. The van der Waals surface area contributed by atoms with E-state index in [-0.39, 0.29) is 34.6 Å². The molecule has 0 saturated carbocycles. The van der Waals surface area contributed by atoms with Crippen LogP contribution in [0, 0.1) is 0 Å². The first kappa shape index (κ1) is 38.8. The molecule has 3 atom stereocenters. The molecule has 1 amide bonds. The third-order valence-corrected chi connectivity index (χ3v) is 10.7. The molecule has 15 nitrogen and oxygen atoms in total. The van der Waals surface area contributed by atoms with E-state index in [0.717, 1.165) is 44.9 Å². The van der Waals surface area contributed by atoms with Gasteiger partial charge in [0.2, 0.25) is 17.4 Å². The number of allylic oxidation sites excluding steroid dienone is 4. The van der Waals surface area contributed by atoms with Gasteiger partial charge in [0.25, 0.3) is 0 Å². The average Bonchev–Trinajstić information content (AvgIpc) is 3.52. The van der Waals surface area contributed by atoms with Crippen LogP contribution in [0.1, 0.15) is 90.2 Å². The number of hydrogen-bond donors (Lipinski definition) is 6. The van der Waals surface area contributed by atoms with Crippen LogP contribution < -0.4 is 5.32 Å². The highest BCUT2D eigenvalue weighted by Crippen LogP contribution is 2.55. The van der Waals surface area contributed by atoms with Crippen molar-refractivity contribution in [1.29, 1.82) is 0 Å². The SMILES string of the molecule is CCCCC/C=C\C/C=C\CCCCCCCC(=O)Nc1nc(Cl)nc2c1ncn2[C@@H]1OC(COP(=O)(O)CP(=O)(O)O)=C(O)C1O. The minimum absolute atomic E-state index is 0.0400. The van der Waals surface area contributed by atoms with Crippen LogP contribution in [0.3, 0.4) is 0 Å². The molecule has 0 bridgehead atoms. The number of nitrogens with zero attached hydrogens (tertiary/aromatic N) is 4. The Labute approximate surface area is 278 Å². The fourth-order valence-corrected chi connectivity index (χ4v) is 7.45. The van der Waals surface area contributed by atoms with Crippen LogP contribution in [0.5, 0.6) is 0 Å². The maximum atomic E-state index is 12.7. The largest absolute Gasteiger partial charge is 0.506 e. The van der Waals surface area contributed by atoms with Gasteiger partial charge in [-0.15, -0.1) is 0 Å². The third kappa shape index (κ3) is 13.1. The number of unbranched alkanes of at least 4 members (excludes halogenated alkanes) is 8. The molecule has 6 N–H and O–H groups in total. The zero-order valence-electron chi connectivity index (χ0n) is 26.3. The van der Waals surface area contributed by atoms with Gasteiger partial charge in [-0.2, -0.15) is 9.97 Å². The number of amides is 1. The highest BCUT2D eigenvalue weighted by atomic mass is 35.5. The molecule has 47 heavy (non-hydrogen) atoms. The predicted molar refractivity (Wildman–Crippen MR) is 177 cm³/mol. The molecule has 3 rings (SSSR count). The Hall–Kier alpha value is -2.61. The summed E-state index contributed by atoms with van der Waals surface area (Å²) >= 11 is 6.11. The number of ether oxygens (including phenoxy) is 1. The van der Waals surface area contributed by atoms with Gasteiger partial charge in [-0.05, 0) is 50.1 Å². The molecular weight excluding hydrogens is 676 g/mol. The number of nitrogens with one attached hydrogen (secondary N) is 1. The van der Waals surface area contributed by atoms with Gasteiger partial charge in [-0.25, -0.2) is 4.98 Å². The Bertz CT molecular complexity index is 1530. The summed E-state index contributed by atoms with van der Waals surface area (Å²) in [4.78, 5) is 52.6. The van der Waals surface area contributed by atoms with Crippen LogP contribution >= 0.6 is 26.8 Å². The molecule has 3 heterocycles. The molecule has 0 aliphatic carbocycles. The molecule has 2 unspecified atom stereocenters. The standard InChI is InChI=1S/C29H44ClN5O10P2/c1-2-3-4-5-6-7-8-9-10-11-12-13-14-15-16-17-22(36)32-26-23-27(34-29(30)33-26)35(19-31-23)28-25(38)24(37)21(45-28)18-44-47(42,43)20-46(39,40)41/h6-7,9-10,19,25,28,37-38H,2-5,8,11-18,20H2,1H3,(H,42,43)(H2,39,40,41)(H,32,33,34,36)/b7-6-,10-9-/t25?,28-/m1/s1. The quantitative estimate of drug-likeness (QED) is 0.0365. The van der Waals surface area contributed by atoms with Crippen LogP contribution in [0.2, 0.25) is 5.28 Å². The lowest BCUT2D eigenvalue weighted by molar-refractivity contribution is -0.116. The summed E-state index contributed by atoms with van der Waals surface area (Å²) in [6, 6.07) is 0. The molecule has 0 aromatic carbocycles. The van der Waals surface area contributed by atoms with Gasteiger partial charge in [-0.3, -0.25) is 23.0 Å². The van der Waals surface area contributed by atoms with E-state index in [1.165, 1.54) is 30.2 Å². The molecule has 1 aliphatic rings. The van der Waals surface area contributed by atoms with E-state index in [1.54, 1.807) is 0 Å². The lowest BCUT2D eigenvalue weighted by atomic mass is 10.1. The van der Waals surface area contributed by atoms with Crippen molar-refractivity contribution in [3.63, 3.8) is 0 Å². The van der Waals surface area contributed by atoms with Crippen molar-refractivity contribution < 1.29 is 48.1 Å². The highest BCUT2D eigenvalue weighted by Gasteiger charge is 2.40. The fraction of sp³-hybridized carbons (Fsp3) is 0.586. The zero-order chi connectivity index (χ0) is 34.5. The van der Waals surface area contributed by atoms with Gasteiger partial charge < -0.3 is 34.9 Å². The summed E-state index contributed by atoms with van der Waals surface area (Å²) < 4.78 is 34.4. The second-order valence-corrected chi connectivity index (χ2v) is 15.5. The van der Waals surface area contributed by atoms with E-state index in [0.29, 0.717) is 6.42 Å². The molecule has 262 valence electrons. The first-order valence-corrected chi connectivity index (χ1v) is 19.5. The zero-order valence-corrected chi connectivity index (χ0v) is 28.8. The summed E-state index contributed by atoms with van der Waals surface area (Å²) in [6.45, 7) is 1.34. The number of aliphatic hydroxyl groups is 2. The molecule has 0 radical (unpaired) electrons. The number of hydrogen-bond acceptors (Lipinski definition) is 10. The summed E-state index contributed by atoms with van der Waals surface area (Å²) in [6.07, 6.45) is 19.0. The number of carbonyl (C=O) groups excluding carboxylic acids is 1. The first-order valence-electron chi connectivity index (χ1n) is 15.6. The summed E-state index contributed by atoms with van der Waals surface area (Å²) in [5.41, 5.74) is 0.176. The number of fused-ring (bicyclic) bond motifs is 1. The van der Waals surface area contributed by atoms with E-state index in [4.69, 9.17) is 26.1 Å². The van der Waals surface area contributed by atoms with Gasteiger partial charge in [0.1, 0.15) is 12.9 Å². The van der Waals surface area contributed by atoms with Gasteiger partial charge in [0.05, 0.1) is 0 Å². The van der Waals surface area contributed by atoms with Gasteiger partial charge in [-0.1, -0.05) is 63.3 Å². The van der Waals surface area contributed by atoms with Crippen molar-refractivity contribution in [3.05, 3.63) is 47.4 Å². The normalized spacial score (nSPS) is 18.4. The molecule has 18 heteroatoms. The Balaban J connectivity index is 1.45. The van der Waals surface area contributed by atoms with E-state index >= 15 is 0 Å². The highest BCUT2D eigenvalue weighted by molar-refractivity contribution is 7.70. The van der Waals surface area contributed by atoms with Crippen LogP contribution in [0.15, 0.2) is 42.1 Å². The van der Waals surface area contributed by atoms with Gasteiger partial charge >= 0.3 is 15.2 Å². The Morgan fingerprint density at radius 3 is 2.38 bits per heavy atom. The van der Waals surface area contributed by atoms with Crippen molar-refractivity contribution in [2.75, 3.05) is 17.8 Å². The number of anilines is 1. The molecule has 0 spiro atoms. The lowest BCUT2D eigenvalue weighted by Crippen LogP contribution is -2.22. The van der Waals surface area contributed by atoms with Crippen LogP contribution in [0.4, 0.5) is 5.82 Å². The second kappa shape index (κ2) is 18.8. The Morgan fingerprint density at radius 2 is 1.70 bits per heavy atom. The number of imidazole rings is 1. The molecule has 0 fully saturated rings. The number of aromatic nitrogens is 4. The number of halogens is 1. The number of aliphatic hydroxyl groups excluding tert-OH is 2. The van der Waals surface area contributed by atoms with Crippen LogP contribution in [0.25, 0.3) is 11.2 Å². The summed E-state index contributed by atoms with van der Waals surface area (Å²) in [5.74, 6) is -2.88. The van der Waals surface area contributed by atoms with Crippen LogP contribution in [-0.4, -0.2) is 68.9 Å². The smallest absolute Gasteiger partial charge is 0.340 e. The maximum absolute atomic E-state index is 12.7. The molecule has 2 aromatic heterocycles. The molecular formula is C29H44ClN5O10P2. The van der Waals surface area contributed by atoms with E-state index in [1.807, 2.05) is 0 Å². The Kier molecular flexibility index (Phi) is 15.5. The predicted octanol–water partition coefficient (Wildman–Crippen LogP) is 6.23. The minimum Gasteiger partial charge on any atom is -0.506 e. The van der Waals surface area contributed by atoms with Gasteiger partial charge in [0.15, 0.2) is 40.5 Å². The van der Waals surface area contributed by atoms with Crippen molar-refractivity contribution in [2.45, 2.75) is 96.3 Å². The molecule has 2 aromatic rings. The van der Waals surface area contributed by atoms with E-state index < -0.39 is 51.6 Å². The average molecular weight is 720 g/mol. The van der Waals surface area contributed by atoms with Crippen molar-refractivity contribution in [1.82, 2.24) is 19.5 Å². The summed E-state index contributed by atoms with van der Waals surface area (Å²) in [7, 11) is -9.63. The minimum atomic E-state index is -4.88. The maximum Gasteiger partial charge on any atom is 0.340 e. The van der Waals surface area contributed by atoms with Crippen molar-refractivity contribution >= 4 is 49.7 Å². The monoisotopic (exact) mass is 719 g/mol. The third-order valence-electron chi connectivity index (χ3n) is 7.14. The summed E-state index contributed by atoms with van der Waals surface area (Å²) in [5, 5.41) is 23.4. The van der Waals surface area contributed by atoms with E-state index in [2.05, 4.69) is 56.0 Å². The fourth-order valence-electron chi connectivity index (χ4n) is 4.78. The Morgan fingerprint density at radius 1 is 1.04 bits per heavy atom. The van der Waals surface area contributed by atoms with E-state index in [9.17, 15) is 29.0 Å². The second-order valence-electron chi connectivity index (χ2n) is 11.2.